The van der Waals surface area contributed by atoms with Crippen LogP contribution in [0.25, 0.3) is 0 Å². The molecule has 1 saturated heterocycles. The first-order valence-electron chi connectivity index (χ1n) is 12.8. The summed E-state index contributed by atoms with van der Waals surface area (Å²) in [7, 11) is 0. The molecular weight excluding hydrogens is 406 g/mol. The van der Waals surface area contributed by atoms with Crippen molar-refractivity contribution in [1.82, 2.24) is 5.32 Å². The fraction of sp³-hybridized carbons (Fsp3) is 0.885. The van der Waals surface area contributed by atoms with Crippen LogP contribution in [0.5, 0.6) is 0 Å². The fourth-order valence-corrected chi connectivity index (χ4v) is 9.16. The van der Waals surface area contributed by atoms with E-state index in [1.54, 1.807) is 6.92 Å². The lowest BCUT2D eigenvalue weighted by molar-refractivity contribution is -0.186. The lowest BCUT2D eigenvalue weighted by Gasteiger charge is -2.62. The summed E-state index contributed by atoms with van der Waals surface area (Å²) in [5.41, 5.74) is -0.00345. The molecule has 10 atom stereocenters. The van der Waals surface area contributed by atoms with Crippen LogP contribution >= 0.6 is 0 Å². The number of ketones is 1. The van der Waals surface area contributed by atoms with Gasteiger partial charge in [-0.15, -0.1) is 0 Å². The molecule has 1 heterocycles. The number of carbonyl (C=O) groups excluding carboxylic acids is 3. The molecule has 32 heavy (non-hydrogen) atoms. The zero-order valence-electron chi connectivity index (χ0n) is 19.8. The Morgan fingerprint density at radius 3 is 2.53 bits per heavy atom. The first-order valence-corrected chi connectivity index (χ1v) is 12.8. The number of aliphatic hydroxyl groups is 1. The van der Waals surface area contributed by atoms with Crippen molar-refractivity contribution in [1.29, 1.82) is 0 Å². The number of hydrogen-bond donors (Lipinski definition) is 2. The van der Waals surface area contributed by atoms with E-state index in [9.17, 15) is 19.5 Å². The van der Waals surface area contributed by atoms with Gasteiger partial charge in [0.1, 0.15) is 17.9 Å². The van der Waals surface area contributed by atoms with Gasteiger partial charge in [-0.1, -0.05) is 13.8 Å². The first kappa shape index (κ1) is 22.4. The monoisotopic (exact) mass is 445 g/mol. The van der Waals surface area contributed by atoms with E-state index in [0.29, 0.717) is 36.4 Å². The van der Waals surface area contributed by atoms with Gasteiger partial charge in [-0.2, -0.15) is 0 Å². The largest absolute Gasteiger partial charge is 0.461 e. The molecule has 4 aliphatic carbocycles. The number of Topliss-reactive ketones (excluding diaryl/α,β-unsaturated/α-hetero) is 1. The maximum atomic E-state index is 12.5. The Morgan fingerprint density at radius 2 is 1.84 bits per heavy atom. The van der Waals surface area contributed by atoms with E-state index < -0.39 is 6.04 Å². The van der Waals surface area contributed by atoms with Crippen LogP contribution in [0.2, 0.25) is 0 Å². The molecule has 0 aromatic carbocycles. The normalized spacial score (nSPS) is 50.1. The quantitative estimate of drug-likeness (QED) is 0.650. The van der Waals surface area contributed by atoms with Gasteiger partial charge in [-0.3, -0.25) is 9.59 Å². The average Bonchev–Trinajstić information content (AvgIpc) is 3.30. The topological polar surface area (TPSA) is 92.7 Å². The molecule has 178 valence electrons. The third-order valence-electron chi connectivity index (χ3n) is 10.6. The second-order valence-electron chi connectivity index (χ2n) is 12.1. The van der Waals surface area contributed by atoms with Crippen LogP contribution in [0.15, 0.2) is 0 Å². The van der Waals surface area contributed by atoms with Crippen LogP contribution in [-0.4, -0.2) is 41.0 Å². The number of carbonyl (C=O) groups is 3. The van der Waals surface area contributed by atoms with Gasteiger partial charge >= 0.3 is 5.97 Å². The zero-order valence-corrected chi connectivity index (χ0v) is 19.8. The zero-order chi connectivity index (χ0) is 22.8. The summed E-state index contributed by atoms with van der Waals surface area (Å²) in [6.07, 6.45) is 8.17. The minimum Gasteiger partial charge on any atom is -0.461 e. The Morgan fingerprint density at radius 1 is 1.06 bits per heavy atom. The van der Waals surface area contributed by atoms with E-state index in [1.165, 1.54) is 0 Å². The molecule has 6 nitrogen and oxygen atoms in total. The molecule has 5 rings (SSSR count). The molecule has 0 bridgehead atoms. The summed E-state index contributed by atoms with van der Waals surface area (Å²) >= 11 is 0. The van der Waals surface area contributed by atoms with E-state index >= 15 is 0 Å². The van der Waals surface area contributed by atoms with E-state index in [2.05, 4.69) is 19.2 Å². The number of aliphatic hydroxyl groups excluding tert-OH is 1. The van der Waals surface area contributed by atoms with E-state index in [0.717, 1.165) is 51.4 Å². The number of hydrogen-bond acceptors (Lipinski definition) is 5. The maximum Gasteiger partial charge on any atom is 0.328 e. The summed E-state index contributed by atoms with van der Waals surface area (Å²) < 4.78 is 5.85. The van der Waals surface area contributed by atoms with E-state index in [-0.39, 0.29) is 46.8 Å². The van der Waals surface area contributed by atoms with Crippen molar-refractivity contribution < 1.29 is 24.2 Å². The summed E-state index contributed by atoms with van der Waals surface area (Å²) in [5, 5.41) is 14.2. The van der Waals surface area contributed by atoms with Crippen LogP contribution in [0.4, 0.5) is 0 Å². The molecule has 0 radical (unpaired) electrons. The molecule has 1 amide bonds. The lowest BCUT2D eigenvalue weighted by atomic mass is 9.44. The molecule has 5 fully saturated rings. The average molecular weight is 446 g/mol. The van der Waals surface area contributed by atoms with Crippen molar-refractivity contribution in [2.75, 3.05) is 0 Å². The van der Waals surface area contributed by atoms with Crippen molar-refractivity contribution in [3.63, 3.8) is 0 Å². The highest BCUT2D eigenvalue weighted by Gasteiger charge is 2.63. The predicted molar refractivity (Wildman–Crippen MR) is 118 cm³/mol. The molecule has 0 spiro atoms. The Hall–Kier alpha value is -1.43. The van der Waals surface area contributed by atoms with Gasteiger partial charge in [0.25, 0.3) is 0 Å². The second kappa shape index (κ2) is 7.82. The molecule has 5 aliphatic rings. The van der Waals surface area contributed by atoms with Crippen LogP contribution in [0.1, 0.15) is 85.0 Å². The molecule has 1 unspecified atom stereocenters. The maximum absolute atomic E-state index is 12.5. The molecule has 6 heteroatoms. The number of nitrogens with one attached hydrogen (secondary N) is 1. The minimum atomic E-state index is -0.485. The Balaban J connectivity index is 1.29. The number of rotatable bonds is 3. The van der Waals surface area contributed by atoms with E-state index in [4.69, 9.17) is 4.74 Å². The van der Waals surface area contributed by atoms with E-state index in [1.807, 2.05) is 0 Å². The second-order valence-corrected chi connectivity index (χ2v) is 12.1. The highest BCUT2D eigenvalue weighted by Crippen LogP contribution is 2.67. The van der Waals surface area contributed by atoms with Crippen molar-refractivity contribution in [2.45, 2.75) is 103 Å². The van der Waals surface area contributed by atoms with Crippen LogP contribution < -0.4 is 5.32 Å². The summed E-state index contributed by atoms with van der Waals surface area (Å²) in [6, 6.07) is -0.485. The summed E-state index contributed by atoms with van der Waals surface area (Å²) in [5.74, 6) is 1.77. The summed E-state index contributed by atoms with van der Waals surface area (Å²) in [6.45, 7) is 6.37. The third kappa shape index (κ3) is 3.35. The van der Waals surface area contributed by atoms with Crippen LogP contribution in [0, 0.1) is 40.4 Å². The number of amides is 1. The SMILES string of the molecule is CC(=O)[C@H]1CC[C@H]2[C@@H]3CC[C@@H]4C[C@H](OC(=O)C5CCC(=O)N5)CC[C@]4(C)[C@H]3[C@H](O)C[C@]12C. The van der Waals surface area contributed by atoms with Crippen LogP contribution in [0.3, 0.4) is 0 Å². The molecule has 0 aromatic rings. The Labute approximate surface area is 191 Å². The molecule has 1 aliphatic heterocycles. The molecule has 4 saturated carbocycles. The van der Waals surface area contributed by atoms with Crippen molar-refractivity contribution in [3.05, 3.63) is 0 Å². The van der Waals surface area contributed by atoms with Gasteiger partial charge < -0.3 is 15.2 Å². The summed E-state index contributed by atoms with van der Waals surface area (Å²) in [4.78, 5) is 36.3. The van der Waals surface area contributed by atoms with Crippen molar-refractivity contribution >= 4 is 17.7 Å². The Bertz CT molecular complexity index is 812. The van der Waals surface area contributed by atoms with Crippen LogP contribution in [-0.2, 0) is 19.1 Å². The standard InChI is InChI=1S/C26H39NO5/c1-14(28)18-6-7-19-17-5-4-15-12-16(32-24(31)20-8-9-22(30)27-20)10-11-25(15,2)23(17)21(29)13-26(18,19)3/h15-21,23,29H,4-13H2,1-3H3,(H,27,30)/t15-,16-,17+,18-,19+,20?,21-,23-,25+,26-/m1/s1. The Kier molecular flexibility index (Phi) is 5.46. The van der Waals surface area contributed by atoms with Gasteiger partial charge in [0.2, 0.25) is 5.91 Å². The third-order valence-corrected chi connectivity index (χ3v) is 10.6. The molecule has 0 aromatic heterocycles. The number of fused-ring (bicyclic) bond motifs is 5. The van der Waals surface area contributed by atoms with Gasteiger partial charge in [0.15, 0.2) is 0 Å². The van der Waals surface area contributed by atoms with Gasteiger partial charge in [0, 0.05) is 12.3 Å². The first-order chi connectivity index (χ1) is 15.1. The predicted octanol–water partition coefficient (Wildman–Crippen LogP) is 3.40. The smallest absolute Gasteiger partial charge is 0.328 e. The van der Waals surface area contributed by atoms with Gasteiger partial charge in [0.05, 0.1) is 6.10 Å². The lowest BCUT2D eigenvalue weighted by Crippen LogP contribution is -2.59. The molecular formula is C26H39NO5. The van der Waals surface area contributed by atoms with Gasteiger partial charge in [-0.25, -0.2) is 4.79 Å². The number of ether oxygens (including phenoxy) is 1. The molecule has 2 N–H and O–H groups in total. The minimum absolute atomic E-state index is 0.0580. The van der Waals surface area contributed by atoms with Gasteiger partial charge in [-0.05, 0) is 99.2 Å². The van der Waals surface area contributed by atoms with Crippen molar-refractivity contribution in [2.24, 2.45) is 40.4 Å². The highest BCUT2D eigenvalue weighted by molar-refractivity contribution is 5.88. The fourth-order valence-electron chi connectivity index (χ4n) is 9.16. The highest BCUT2D eigenvalue weighted by atomic mass is 16.5. The van der Waals surface area contributed by atoms with Crippen molar-refractivity contribution in [3.8, 4) is 0 Å². The number of esters is 1.